The minimum Gasteiger partial charge on any atom is -0.477 e. The number of benzene rings is 1. The Morgan fingerprint density at radius 1 is 1.26 bits per heavy atom. The van der Waals surface area contributed by atoms with Gasteiger partial charge >= 0.3 is 5.97 Å². The zero-order valence-corrected chi connectivity index (χ0v) is 11.4. The number of aromatic carboxylic acids is 1. The minimum atomic E-state index is -1.21. The van der Waals surface area contributed by atoms with Crippen molar-refractivity contribution < 1.29 is 9.90 Å². The number of nitrogens with zero attached hydrogens (tertiary/aromatic N) is 1. The summed E-state index contributed by atoms with van der Waals surface area (Å²) < 4.78 is 1.70. The van der Waals surface area contributed by atoms with Crippen molar-refractivity contribution in [2.24, 2.45) is 0 Å². The lowest BCUT2D eigenvalue weighted by Crippen LogP contribution is -2.18. The predicted octanol–water partition coefficient (Wildman–Crippen LogP) is 2.57. The summed E-state index contributed by atoms with van der Waals surface area (Å²) in [5, 5.41) is 8.99. The Bertz CT molecular complexity index is 674. The number of rotatable bonds is 3. The Kier molecular flexibility index (Phi) is 3.76. The SMILES string of the molecule is CSc1ccc(-n2cc(C(=O)O)c(=O)cc2C)cc1. The number of carboxylic acid groups (broad SMARTS) is 1. The average molecular weight is 275 g/mol. The molecule has 0 aliphatic rings. The number of hydrogen-bond acceptors (Lipinski definition) is 3. The molecule has 0 saturated heterocycles. The van der Waals surface area contributed by atoms with Crippen molar-refractivity contribution in [3.8, 4) is 5.69 Å². The molecule has 0 spiro atoms. The number of aromatic nitrogens is 1. The first-order valence-electron chi connectivity index (χ1n) is 5.64. The van der Waals surface area contributed by atoms with Gasteiger partial charge in [0.15, 0.2) is 5.43 Å². The van der Waals surface area contributed by atoms with Crippen LogP contribution in [0.25, 0.3) is 5.69 Å². The zero-order chi connectivity index (χ0) is 14.0. The molecule has 0 aliphatic carbocycles. The summed E-state index contributed by atoms with van der Waals surface area (Å²) in [6.07, 6.45) is 3.36. The minimum absolute atomic E-state index is 0.223. The highest BCUT2D eigenvalue weighted by atomic mass is 32.2. The highest BCUT2D eigenvalue weighted by Crippen LogP contribution is 2.18. The Morgan fingerprint density at radius 2 is 1.89 bits per heavy atom. The number of pyridine rings is 1. The molecular weight excluding hydrogens is 262 g/mol. The van der Waals surface area contributed by atoms with E-state index in [4.69, 9.17) is 5.11 Å². The molecule has 2 rings (SSSR count). The number of aryl methyl sites for hydroxylation is 1. The van der Waals surface area contributed by atoms with Gasteiger partial charge in [0.25, 0.3) is 0 Å². The summed E-state index contributed by atoms with van der Waals surface area (Å²) in [6.45, 7) is 1.77. The summed E-state index contributed by atoms with van der Waals surface area (Å²) in [5.41, 5.74) is 0.839. The third-order valence-corrected chi connectivity index (χ3v) is 3.57. The van der Waals surface area contributed by atoms with Gasteiger partial charge in [-0.05, 0) is 37.4 Å². The molecule has 0 unspecified atom stereocenters. The molecule has 5 heteroatoms. The normalized spacial score (nSPS) is 10.4. The standard InChI is InChI=1S/C14H13NO3S/c1-9-7-13(16)12(14(17)18)8-15(9)10-3-5-11(19-2)6-4-10/h3-8H,1-2H3,(H,17,18). The van der Waals surface area contributed by atoms with Crippen LogP contribution in [0, 0.1) is 6.92 Å². The number of carboxylic acids is 1. The monoisotopic (exact) mass is 275 g/mol. The van der Waals surface area contributed by atoms with Crippen molar-refractivity contribution in [3.63, 3.8) is 0 Å². The van der Waals surface area contributed by atoms with Gasteiger partial charge in [0, 0.05) is 28.5 Å². The highest BCUT2D eigenvalue weighted by molar-refractivity contribution is 7.98. The number of carbonyl (C=O) groups is 1. The molecule has 1 aromatic carbocycles. The highest BCUT2D eigenvalue weighted by Gasteiger charge is 2.11. The Hall–Kier alpha value is -2.01. The van der Waals surface area contributed by atoms with Crippen molar-refractivity contribution >= 4 is 17.7 Å². The van der Waals surface area contributed by atoms with Gasteiger partial charge in [-0.25, -0.2) is 4.79 Å². The van der Waals surface area contributed by atoms with Gasteiger partial charge in [-0.15, -0.1) is 11.8 Å². The largest absolute Gasteiger partial charge is 0.477 e. The van der Waals surface area contributed by atoms with Gasteiger partial charge in [0.1, 0.15) is 5.56 Å². The average Bonchev–Trinajstić information content (AvgIpc) is 2.38. The molecule has 4 nitrogen and oxygen atoms in total. The maximum Gasteiger partial charge on any atom is 0.341 e. The molecule has 0 bridgehead atoms. The van der Waals surface area contributed by atoms with Gasteiger partial charge in [-0.1, -0.05) is 0 Å². The van der Waals surface area contributed by atoms with Crippen LogP contribution in [0.3, 0.4) is 0 Å². The van der Waals surface area contributed by atoms with Crippen LogP contribution in [0.2, 0.25) is 0 Å². The Morgan fingerprint density at radius 3 is 2.42 bits per heavy atom. The topological polar surface area (TPSA) is 59.3 Å². The van der Waals surface area contributed by atoms with Crippen LogP contribution in [-0.4, -0.2) is 21.9 Å². The molecule has 0 aliphatic heterocycles. The van der Waals surface area contributed by atoms with Gasteiger partial charge < -0.3 is 9.67 Å². The fourth-order valence-electron chi connectivity index (χ4n) is 1.81. The van der Waals surface area contributed by atoms with E-state index in [0.717, 1.165) is 10.6 Å². The molecule has 2 aromatic rings. The third-order valence-electron chi connectivity index (χ3n) is 2.82. The summed E-state index contributed by atoms with van der Waals surface area (Å²) in [7, 11) is 0. The van der Waals surface area contributed by atoms with Gasteiger partial charge in [-0.2, -0.15) is 0 Å². The molecule has 0 amide bonds. The summed E-state index contributed by atoms with van der Waals surface area (Å²) in [4.78, 5) is 23.7. The molecule has 1 N–H and O–H groups in total. The maximum atomic E-state index is 11.6. The third kappa shape index (κ3) is 2.71. The van der Waals surface area contributed by atoms with E-state index in [1.807, 2.05) is 30.5 Å². The van der Waals surface area contributed by atoms with Crippen LogP contribution >= 0.6 is 11.8 Å². The van der Waals surface area contributed by atoms with Crippen LogP contribution in [0.5, 0.6) is 0 Å². The summed E-state index contributed by atoms with van der Waals surface area (Å²) in [6, 6.07) is 9.05. The van der Waals surface area contributed by atoms with E-state index in [1.54, 1.807) is 23.3 Å². The quantitative estimate of drug-likeness (QED) is 0.875. The second-order valence-electron chi connectivity index (χ2n) is 4.07. The van der Waals surface area contributed by atoms with Crippen LogP contribution in [0.15, 0.2) is 46.2 Å². The second kappa shape index (κ2) is 5.32. The van der Waals surface area contributed by atoms with Crippen molar-refractivity contribution in [1.82, 2.24) is 4.57 Å². The van der Waals surface area contributed by atoms with E-state index in [1.165, 1.54) is 12.3 Å². The summed E-state index contributed by atoms with van der Waals surface area (Å²) >= 11 is 1.63. The molecule has 0 radical (unpaired) electrons. The van der Waals surface area contributed by atoms with E-state index in [-0.39, 0.29) is 5.56 Å². The molecule has 1 heterocycles. The first-order valence-corrected chi connectivity index (χ1v) is 6.86. The van der Waals surface area contributed by atoms with Crippen LogP contribution in [0.1, 0.15) is 16.1 Å². The van der Waals surface area contributed by atoms with E-state index in [9.17, 15) is 9.59 Å². The summed E-state index contributed by atoms with van der Waals surface area (Å²) in [5.74, 6) is -1.21. The van der Waals surface area contributed by atoms with Crippen molar-refractivity contribution in [3.05, 3.63) is 58.0 Å². The molecular formula is C14H13NO3S. The van der Waals surface area contributed by atoms with Gasteiger partial charge in [-0.3, -0.25) is 4.79 Å². The lowest BCUT2D eigenvalue weighted by molar-refractivity contribution is 0.0695. The molecule has 0 atom stereocenters. The molecule has 0 fully saturated rings. The Labute approximate surface area is 114 Å². The van der Waals surface area contributed by atoms with Crippen LogP contribution in [0.4, 0.5) is 0 Å². The first-order chi connectivity index (χ1) is 9.02. The zero-order valence-electron chi connectivity index (χ0n) is 10.6. The maximum absolute atomic E-state index is 11.6. The fraction of sp³-hybridized carbons (Fsp3) is 0.143. The molecule has 0 saturated carbocycles. The van der Waals surface area contributed by atoms with Crippen molar-refractivity contribution in [2.75, 3.05) is 6.26 Å². The van der Waals surface area contributed by atoms with E-state index >= 15 is 0 Å². The van der Waals surface area contributed by atoms with Crippen LogP contribution in [-0.2, 0) is 0 Å². The predicted molar refractivity (Wildman–Crippen MR) is 75.5 cm³/mol. The molecule has 19 heavy (non-hydrogen) atoms. The second-order valence-corrected chi connectivity index (χ2v) is 4.95. The van der Waals surface area contributed by atoms with Gasteiger partial charge in [0.2, 0.25) is 0 Å². The van der Waals surface area contributed by atoms with Gasteiger partial charge in [0.05, 0.1) is 0 Å². The lowest BCUT2D eigenvalue weighted by Gasteiger charge is -2.11. The molecule has 98 valence electrons. The molecule has 1 aromatic heterocycles. The fourth-order valence-corrected chi connectivity index (χ4v) is 2.22. The van der Waals surface area contributed by atoms with E-state index in [0.29, 0.717) is 5.69 Å². The Balaban J connectivity index is 2.57. The number of thioether (sulfide) groups is 1. The smallest absolute Gasteiger partial charge is 0.341 e. The number of hydrogen-bond donors (Lipinski definition) is 1. The van der Waals surface area contributed by atoms with Crippen LogP contribution < -0.4 is 5.43 Å². The van der Waals surface area contributed by atoms with Crippen molar-refractivity contribution in [2.45, 2.75) is 11.8 Å². The lowest BCUT2D eigenvalue weighted by atomic mass is 10.2. The van der Waals surface area contributed by atoms with E-state index < -0.39 is 11.4 Å². The van der Waals surface area contributed by atoms with E-state index in [2.05, 4.69) is 0 Å². The first kappa shape index (κ1) is 13.4. The van der Waals surface area contributed by atoms with Crippen molar-refractivity contribution in [1.29, 1.82) is 0 Å².